The van der Waals surface area contributed by atoms with Crippen LogP contribution < -0.4 is 5.32 Å². The molecular formula is C15H23N. The van der Waals surface area contributed by atoms with Crippen LogP contribution in [0.4, 0.5) is 0 Å². The highest BCUT2D eigenvalue weighted by atomic mass is 14.8. The molecule has 0 atom stereocenters. The van der Waals surface area contributed by atoms with E-state index in [2.05, 4.69) is 45.3 Å². The fourth-order valence-corrected chi connectivity index (χ4v) is 3.26. The third-order valence-corrected chi connectivity index (χ3v) is 3.87. The van der Waals surface area contributed by atoms with Crippen molar-refractivity contribution in [2.45, 2.75) is 39.5 Å². The Hall–Kier alpha value is -0.820. The summed E-state index contributed by atoms with van der Waals surface area (Å²) in [5, 5.41) is 3.28. The number of rotatable bonds is 3. The Morgan fingerprint density at radius 1 is 1.12 bits per heavy atom. The first-order valence-electron chi connectivity index (χ1n) is 6.34. The van der Waals surface area contributed by atoms with E-state index in [-0.39, 0.29) is 0 Å². The van der Waals surface area contributed by atoms with Gasteiger partial charge in [0, 0.05) is 0 Å². The van der Waals surface area contributed by atoms with E-state index >= 15 is 0 Å². The number of hydrogen-bond acceptors (Lipinski definition) is 1. The van der Waals surface area contributed by atoms with Crippen molar-refractivity contribution in [3.8, 4) is 0 Å². The second kappa shape index (κ2) is 4.58. The van der Waals surface area contributed by atoms with Crippen LogP contribution in [0.5, 0.6) is 0 Å². The van der Waals surface area contributed by atoms with Gasteiger partial charge in [-0.15, -0.1) is 0 Å². The van der Waals surface area contributed by atoms with Crippen LogP contribution in [0.25, 0.3) is 0 Å². The van der Waals surface area contributed by atoms with Crippen LogP contribution in [-0.4, -0.2) is 13.6 Å². The zero-order valence-corrected chi connectivity index (χ0v) is 10.9. The summed E-state index contributed by atoms with van der Waals surface area (Å²) < 4.78 is 0. The smallest absolute Gasteiger partial charge is 0.00231 e. The van der Waals surface area contributed by atoms with E-state index in [9.17, 15) is 0 Å². The summed E-state index contributed by atoms with van der Waals surface area (Å²) in [4.78, 5) is 0. The quantitative estimate of drug-likeness (QED) is 0.819. The van der Waals surface area contributed by atoms with Gasteiger partial charge in [-0.3, -0.25) is 0 Å². The topological polar surface area (TPSA) is 12.0 Å². The van der Waals surface area contributed by atoms with Crippen LogP contribution in [0.1, 0.15) is 41.0 Å². The number of aryl methyl sites for hydroxylation is 3. The molecule has 88 valence electrons. The van der Waals surface area contributed by atoms with Gasteiger partial charge in [0.15, 0.2) is 0 Å². The van der Waals surface area contributed by atoms with Crippen LogP contribution in [0.15, 0.2) is 12.1 Å². The molecule has 0 aliphatic heterocycles. The lowest BCUT2D eigenvalue weighted by atomic mass is 9.69. The van der Waals surface area contributed by atoms with E-state index in [4.69, 9.17) is 0 Å². The molecule has 0 heterocycles. The maximum atomic E-state index is 3.28. The van der Waals surface area contributed by atoms with Crippen molar-refractivity contribution in [2.24, 2.45) is 5.92 Å². The third-order valence-electron chi connectivity index (χ3n) is 3.87. The first-order valence-corrected chi connectivity index (χ1v) is 6.34. The Labute approximate surface area is 99.3 Å². The largest absolute Gasteiger partial charge is 0.319 e. The molecule has 1 aliphatic rings. The van der Waals surface area contributed by atoms with Crippen molar-refractivity contribution in [3.05, 3.63) is 34.4 Å². The van der Waals surface area contributed by atoms with Crippen molar-refractivity contribution >= 4 is 0 Å². The summed E-state index contributed by atoms with van der Waals surface area (Å²) >= 11 is 0. The number of hydrogen-bond donors (Lipinski definition) is 1. The molecule has 0 spiro atoms. The van der Waals surface area contributed by atoms with Crippen LogP contribution in [-0.2, 0) is 0 Å². The SMILES string of the molecule is CNCC1CC(c2c(C)cc(C)cc2C)C1. The standard InChI is InChI=1S/C15H23N/c1-10-5-11(2)15(12(3)6-10)14-7-13(8-14)9-16-4/h5-6,13-14,16H,7-9H2,1-4H3. The summed E-state index contributed by atoms with van der Waals surface area (Å²) in [7, 11) is 2.05. The average Bonchev–Trinajstić information content (AvgIpc) is 2.12. The molecule has 1 heteroatoms. The molecule has 0 unspecified atom stereocenters. The Morgan fingerprint density at radius 3 is 2.19 bits per heavy atom. The third kappa shape index (κ3) is 2.15. The van der Waals surface area contributed by atoms with Gasteiger partial charge in [0.2, 0.25) is 0 Å². The van der Waals surface area contributed by atoms with E-state index in [0.29, 0.717) is 0 Å². The van der Waals surface area contributed by atoms with Crippen molar-refractivity contribution in [2.75, 3.05) is 13.6 Å². The molecule has 1 N–H and O–H groups in total. The highest BCUT2D eigenvalue weighted by molar-refractivity contribution is 5.40. The van der Waals surface area contributed by atoms with Gasteiger partial charge in [0.25, 0.3) is 0 Å². The second-order valence-electron chi connectivity index (χ2n) is 5.40. The molecule has 0 amide bonds. The summed E-state index contributed by atoms with van der Waals surface area (Å²) in [5.41, 5.74) is 6.00. The fraction of sp³-hybridized carbons (Fsp3) is 0.600. The minimum atomic E-state index is 0.818. The minimum absolute atomic E-state index is 0.818. The lowest BCUT2D eigenvalue weighted by Crippen LogP contribution is -2.31. The van der Waals surface area contributed by atoms with Crippen LogP contribution in [0, 0.1) is 26.7 Å². The molecule has 1 fully saturated rings. The second-order valence-corrected chi connectivity index (χ2v) is 5.40. The first kappa shape index (κ1) is 11.7. The van der Waals surface area contributed by atoms with Crippen molar-refractivity contribution < 1.29 is 0 Å². The summed E-state index contributed by atoms with van der Waals surface area (Å²) in [6, 6.07) is 4.65. The highest BCUT2D eigenvalue weighted by Gasteiger charge is 2.31. The number of benzene rings is 1. The van der Waals surface area contributed by atoms with E-state index < -0.39 is 0 Å². The zero-order valence-electron chi connectivity index (χ0n) is 10.9. The molecule has 1 aromatic carbocycles. The lowest BCUT2D eigenvalue weighted by Gasteiger charge is -2.37. The Morgan fingerprint density at radius 2 is 1.69 bits per heavy atom. The van der Waals surface area contributed by atoms with Gasteiger partial charge >= 0.3 is 0 Å². The van der Waals surface area contributed by atoms with E-state index in [1.165, 1.54) is 36.1 Å². The monoisotopic (exact) mass is 217 g/mol. The molecule has 16 heavy (non-hydrogen) atoms. The molecule has 1 nitrogen and oxygen atoms in total. The molecule has 1 aromatic rings. The van der Waals surface area contributed by atoms with Gasteiger partial charge in [-0.2, -0.15) is 0 Å². The van der Waals surface area contributed by atoms with Crippen molar-refractivity contribution in [3.63, 3.8) is 0 Å². The number of nitrogens with one attached hydrogen (secondary N) is 1. The Balaban J connectivity index is 2.11. The molecule has 0 bridgehead atoms. The summed E-state index contributed by atoms with van der Waals surface area (Å²) in [5.74, 6) is 1.72. The lowest BCUT2D eigenvalue weighted by molar-refractivity contribution is 0.258. The van der Waals surface area contributed by atoms with Gasteiger partial charge in [0.1, 0.15) is 0 Å². The van der Waals surface area contributed by atoms with Crippen molar-refractivity contribution in [1.29, 1.82) is 0 Å². The zero-order chi connectivity index (χ0) is 11.7. The van der Waals surface area contributed by atoms with Crippen LogP contribution >= 0.6 is 0 Å². The molecule has 0 aromatic heterocycles. The summed E-state index contributed by atoms with van der Waals surface area (Å²) in [6.45, 7) is 7.90. The first-order chi connectivity index (χ1) is 7.61. The molecule has 0 radical (unpaired) electrons. The average molecular weight is 217 g/mol. The molecule has 2 rings (SSSR count). The van der Waals surface area contributed by atoms with Crippen molar-refractivity contribution in [1.82, 2.24) is 5.32 Å². The predicted octanol–water partition coefficient (Wildman–Crippen LogP) is 3.32. The van der Waals surface area contributed by atoms with E-state index in [1.807, 2.05) is 0 Å². The Bertz CT molecular complexity index is 352. The molecule has 1 aliphatic carbocycles. The maximum absolute atomic E-state index is 3.28. The van der Waals surface area contributed by atoms with Gasteiger partial charge in [-0.25, -0.2) is 0 Å². The van der Waals surface area contributed by atoms with Gasteiger partial charge in [-0.05, 0) is 75.7 Å². The van der Waals surface area contributed by atoms with E-state index in [0.717, 1.165) is 11.8 Å². The van der Waals surface area contributed by atoms with E-state index in [1.54, 1.807) is 5.56 Å². The molecular weight excluding hydrogens is 194 g/mol. The molecule has 1 saturated carbocycles. The highest BCUT2D eigenvalue weighted by Crippen LogP contribution is 2.43. The minimum Gasteiger partial charge on any atom is -0.319 e. The summed E-state index contributed by atoms with van der Waals surface area (Å²) in [6.07, 6.45) is 2.73. The fourth-order valence-electron chi connectivity index (χ4n) is 3.26. The van der Waals surface area contributed by atoms with Crippen LogP contribution in [0.3, 0.4) is 0 Å². The Kier molecular flexibility index (Phi) is 3.34. The predicted molar refractivity (Wildman–Crippen MR) is 70.0 cm³/mol. The van der Waals surface area contributed by atoms with Gasteiger partial charge in [0.05, 0.1) is 0 Å². The normalized spacial score (nSPS) is 24.2. The maximum Gasteiger partial charge on any atom is -0.00231 e. The van der Waals surface area contributed by atoms with Crippen LogP contribution in [0.2, 0.25) is 0 Å². The molecule has 0 saturated heterocycles. The van der Waals surface area contributed by atoms with Gasteiger partial charge < -0.3 is 5.32 Å². The van der Waals surface area contributed by atoms with Gasteiger partial charge in [-0.1, -0.05) is 17.7 Å².